The lowest BCUT2D eigenvalue weighted by atomic mass is 10.1. The van der Waals surface area contributed by atoms with Crippen molar-refractivity contribution < 1.29 is 0 Å². The van der Waals surface area contributed by atoms with E-state index in [2.05, 4.69) is 16.8 Å². The first kappa shape index (κ1) is 13.1. The molecule has 0 bridgehead atoms. The van der Waals surface area contributed by atoms with Gasteiger partial charge in [0.15, 0.2) is 0 Å². The van der Waals surface area contributed by atoms with Crippen LogP contribution in [0.2, 0.25) is 10.3 Å². The molecule has 1 aliphatic rings. The van der Waals surface area contributed by atoms with Gasteiger partial charge >= 0.3 is 0 Å². The molecule has 0 saturated carbocycles. The van der Waals surface area contributed by atoms with Crippen LogP contribution in [0.4, 0.5) is 0 Å². The summed E-state index contributed by atoms with van der Waals surface area (Å²) in [6.45, 7) is 4.33. The van der Waals surface area contributed by atoms with Crippen molar-refractivity contribution in [3.8, 4) is 0 Å². The van der Waals surface area contributed by atoms with E-state index in [-0.39, 0.29) is 0 Å². The summed E-state index contributed by atoms with van der Waals surface area (Å²) in [6, 6.07) is 4.42. The fraction of sp³-hybridized carbons (Fsp3) is 0.615. The molecule has 0 aromatic carbocycles. The summed E-state index contributed by atoms with van der Waals surface area (Å²) in [5, 5.41) is 0.997. The van der Waals surface area contributed by atoms with Crippen molar-refractivity contribution in [3.05, 3.63) is 28.0 Å². The highest BCUT2D eigenvalue weighted by Crippen LogP contribution is 2.22. The molecule has 1 aromatic rings. The summed E-state index contributed by atoms with van der Waals surface area (Å²) in [4.78, 5) is 6.58. The monoisotopic (exact) mass is 272 g/mol. The standard InChI is InChI=1S/C13H18Cl2N2/c1-10-5-3-2-4-8-17(10)9-11-6-7-12(14)16-13(11)15/h6-7,10H,2-5,8-9H2,1H3. The quantitative estimate of drug-likeness (QED) is 0.752. The molecule has 1 aromatic heterocycles. The van der Waals surface area contributed by atoms with E-state index in [0.29, 0.717) is 16.3 Å². The fourth-order valence-electron chi connectivity index (χ4n) is 2.35. The molecule has 0 aliphatic carbocycles. The first-order valence-corrected chi connectivity index (χ1v) is 6.97. The van der Waals surface area contributed by atoms with Crippen LogP contribution in [0.5, 0.6) is 0 Å². The van der Waals surface area contributed by atoms with Gasteiger partial charge in [0.25, 0.3) is 0 Å². The molecule has 1 saturated heterocycles. The summed E-state index contributed by atoms with van der Waals surface area (Å²) >= 11 is 11.9. The molecule has 1 unspecified atom stereocenters. The molecule has 1 atom stereocenters. The van der Waals surface area contributed by atoms with Crippen LogP contribution < -0.4 is 0 Å². The van der Waals surface area contributed by atoms with E-state index in [1.165, 1.54) is 25.7 Å². The molecule has 2 nitrogen and oxygen atoms in total. The van der Waals surface area contributed by atoms with E-state index in [1.807, 2.05) is 12.1 Å². The third kappa shape index (κ3) is 3.57. The lowest BCUT2D eigenvalue weighted by molar-refractivity contribution is 0.205. The van der Waals surface area contributed by atoms with Crippen molar-refractivity contribution in [2.45, 2.75) is 45.2 Å². The number of pyridine rings is 1. The molecule has 0 spiro atoms. The average molecular weight is 273 g/mol. The van der Waals surface area contributed by atoms with Gasteiger partial charge in [0.2, 0.25) is 0 Å². The first-order valence-electron chi connectivity index (χ1n) is 6.22. The molecule has 1 aliphatic heterocycles. The van der Waals surface area contributed by atoms with Gasteiger partial charge in [-0.3, -0.25) is 4.90 Å². The van der Waals surface area contributed by atoms with Gasteiger partial charge in [-0.1, -0.05) is 42.1 Å². The molecule has 94 valence electrons. The van der Waals surface area contributed by atoms with Gasteiger partial charge in [-0.05, 0) is 32.4 Å². The van der Waals surface area contributed by atoms with Gasteiger partial charge in [-0.15, -0.1) is 0 Å². The van der Waals surface area contributed by atoms with Crippen molar-refractivity contribution >= 4 is 23.2 Å². The Kier molecular flexibility index (Phi) is 4.66. The highest BCUT2D eigenvalue weighted by atomic mass is 35.5. The zero-order valence-electron chi connectivity index (χ0n) is 10.1. The number of halogens is 2. The molecule has 0 amide bonds. The van der Waals surface area contributed by atoms with Crippen LogP contribution in [0, 0.1) is 0 Å². The van der Waals surface area contributed by atoms with Crippen LogP contribution in [0.15, 0.2) is 12.1 Å². The molecule has 4 heteroatoms. The van der Waals surface area contributed by atoms with E-state index >= 15 is 0 Å². The van der Waals surface area contributed by atoms with E-state index in [9.17, 15) is 0 Å². The zero-order valence-corrected chi connectivity index (χ0v) is 11.6. The SMILES string of the molecule is CC1CCCCCN1Cc1ccc(Cl)nc1Cl. The molecule has 1 fully saturated rings. The summed E-state index contributed by atoms with van der Waals surface area (Å²) in [5.74, 6) is 0. The number of hydrogen-bond acceptors (Lipinski definition) is 2. The Hall–Kier alpha value is -0.310. The molecule has 0 N–H and O–H groups in total. The smallest absolute Gasteiger partial charge is 0.135 e. The molecule has 2 heterocycles. The van der Waals surface area contributed by atoms with Crippen LogP contribution in [0.3, 0.4) is 0 Å². The topological polar surface area (TPSA) is 16.1 Å². The summed E-state index contributed by atoms with van der Waals surface area (Å²) in [6.07, 6.45) is 5.24. The Morgan fingerprint density at radius 3 is 2.88 bits per heavy atom. The number of nitrogens with zero attached hydrogens (tertiary/aromatic N) is 2. The molecule has 0 radical (unpaired) electrons. The van der Waals surface area contributed by atoms with Gasteiger partial charge in [0.05, 0.1) is 0 Å². The predicted octanol–water partition coefficient (Wildman–Crippen LogP) is 4.15. The molecular formula is C13H18Cl2N2. The summed E-state index contributed by atoms with van der Waals surface area (Å²) < 4.78 is 0. The van der Waals surface area contributed by atoms with Crippen molar-refractivity contribution in [2.24, 2.45) is 0 Å². The Morgan fingerprint density at radius 2 is 2.12 bits per heavy atom. The third-order valence-corrected chi connectivity index (χ3v) is 3.99. The Bertz CT molecular complexity index is 382. The Balaban J connectivity index is 2.08. The van der Waals surface area contributed by atoms with Crippen LogP contribution in [-0.2, 0) is 6.54 Å². The second-order valence-corrected chi connectivity index (χ2v) is 5.50. The van der Waals surface area contributed by atoms with Gasteiger partial charge in [0, 0.05) is 18.2 Å². The minimum Gasteiger partial charge on any atom is -0.296 e. The largest absolute Gasteiger partial charge is 0.296 e. The van der Waals surface area contributed by atoms with Gasteiger partial charge in [-0.25, -0.2) is 4.98 Å². The number of hydrogen-bond donors (Lipinski definition) is 0. The zero-order chi connectivity index (χ0) is 12.3. The number of rotatable bonds is 2. The summed E-state index contributed by atoms with van der Waals surface area (Å²) in [7, 11) is 0. The van der Waals surface area contributed by atoms with Crippen LogP contribution in [-0.4, -0.2) is 22.5 Å². The average Bonchev–Trinajstić information content (AvgIpc) is 2.48. The van der Waals surface area contributed by atoms with E-state index in [1.54, 1.807) is 0 Å². The first-order chi connectivity index (χ1) is 8.16. The predicted molar refractivity (Wildman–Crippen MR) is 72.6 cm³/mol. The van der Waals surface area contributed by atoms with Crippen LogP contribution in [0.25, 0.3) is 0 Å². The van der Waals surface area contributed by atoms with Crippen molar-refractivity contribution in [3.63, 3.8) is 0 Å². The lowest BCUT2D eigenvalue weighted by Gasteiger charge is -2.27. The number of likely N-dealkylation sites (tertiary alicyclic amines) is 1. The maximum Gasteiger partial charge on any atom is 0.135 e. The second kappa shape index (κ2) is 6.03. The lowest BCUT2D eigenvalue weighted by Crippen LogP contribution is -2.32. The van der Waals surface area contributed by atoms with E-state index in [0.717, 1.165) is 18.7 Å². The molecule has 2 rings (SSSR count). The summed E-state index contributed by atoms with van der Waals surface area (Å²) in [5.41, 5.74) is 1.07. The highest BCUT2D eigenvalue weighted by molar-refractivity contribution is 6.32. The van der Waals surface area contributed by atoms with Crippen molar-refractivity contribution in [1.29, 1.82) is 0 Å². The van der Waals surface area contributed by atoms with Gasteiger partial charge < -0.3 is 0 Å². The van der Waals surface area contributed by atoms with E-state index < -0.39 is 0 Å². The molecule has 17 heavy (non-hydrogen) atoms. The van der Waals surface area contributed by atoms with Gasteiger partial charge in [-0.2, -0.15) is 0 Å². The maximum absolute atomic E-state index is 6.12. The normalized spacial score (nSPS) is 22.4. The third-order valence-electron chi connectivity index (χ3n) is 3.46. The highest BCUT2D eigenvalue weighted by Gasteiger charge is 2.18. The molecular weight excluding hydrogens is 255 g/mol. The van der Waals surface area contributed by atoms with Crippen LogP contribution in [0.1, 0.15) is 38.2 Å². The fourth-order valence-corrected chi connectivity index (χ4v) is 2.75. The van der Waals surface area contributed by atoms with Gasteiger partial charge in [0.1, 0.15) is 10.3 Å². The number of aromatic nitrogens is 1. The Morgan fingerprint density at radius 1 is 1.29 bits per heavy atom. The maximum atomic E-state index is 6.12. The minimum absolute atomic E-state index is 0.461. The minimum atomic E-state index is 0.461. The van der Waals surface area contributed by atoms with Crippen molar-refractivity contribution in [1.82, 2.24) is 9.88 Å². The second-order valence-electron chi connectivity index (χ2n) is 4.75. The van der Waals surface area contributed by atoms with Crippen molar-refractivity contribution in [2.75, 3.05) is 6.54 Å². The van der Waals surface area contributed by atoms with Crippen LogP contribution >= 0.6 is 23.2 Å². The Labute approximate surface area is 113 Å². The van der Waals surface area contributed by atoms with E-state index in [4.69, 9.17) is 23.2 Å².